The van der Waals surface area contributed by atoms with Gasteiger partial charge in [0.1, 0.15) is 0 Å². The zero-order valence-electron chi connectivity index (χ0n) is 10.3. The monoisotopic (exact) mass is 230 g/mol. The number of benzene rings is 1. The van der Waals surface area contributed by atoms with Gasteiger partial charge in [-0.25, -0.2) is 0 Å². The summed E-state index contributed by atoms with van der Waals surface area (Å²) in [5.41, 5.74) is 11.0. The molecule has 1 aromatic heterocycles. The highest BCUT2D eigenvalue weighted by Crippen LogP contribution is 2.34. The van der Waals surface area contributed by atoms with Gasteiger partial charge in [-0.15, -0.1) is 0 Å². The van der Waals surface area contributed by atoms with Crippen LogP contribution in [0.1, 0.15) is 16.8 Å². The van der Waals surface area contributed by atoms with Crippen molar-refractivity contribution in [1.29, 1.82) is 0 Å². The lowest BCUT2D eigenvalue weighted by Crippen LogP contribution is -2.52. The average Bonchev–Trinajstić information content (AvgIpc) is 2.55. The van der Waals surface area contributed by atoms with E-state index in [-0.39, 0.29) is 5.41 Å². The molecule has 3 nitrogen and oxygen atoms in total. The summed E-state index contributed by atoms with van der Waals surface area (Å²) in [6.07, 6.45) is 0. The molecular formula is C14H18N2O. The minimum Gasteiger partial charge on any atom is -0.379 e. The lowest BCUT2D eigenvalue weighted by Gasteiger charge is -2.41. The third kappa shape index (κ3) is 1.43. The fourth-order valence-electron chi connectivity index (χ4n) is 2.54. The van der Waals surface area contributed by atoms with E-state index in [1.807, 2.05) is 0 Å². The molecule has 0 amide bonds. The molecule has 17 heavy (non-hydrogen) atoms. The largest absolute Gasteiger partial charge is 0.379 e. The molecule has 0 unspecified atom stereocenters. The Bertz CT molecular complexity index is 561. The Hall–Kier alpha value is -1.32. The Morgan fingerprint density at radius 1 is 1.35 bits per heavy atom. The summed E-state index contributed by atoms with van der Waals surface area (Å²) >= 11 is 0. The summed E-state index contributed by atoms with van der Waals surface area (Å²) in [5.74, 6) is 0. The van der Waals surface area contributed by atoms with Gasteiger partial charge in [-0.2, -0.15) is 0 Å². The van der Waals surface area contributed by atoms with Crippen LogP contribution in [0.2, 0.25) is 0 Å². The molecule has 0 aliphatic carbocycles. The second kappa shape index (κ2) is 3.59. The van der Waals surface area contributed by atoms with E-state index in [4.69, 9.17) is 10.5 Å². The van der Waals surface area contributed by atoms with Gasteiger partial charge in [0.25, 0.3) is 0 Å². The van der Waals surface area contributed by atoms with E-state index in [0.717, 1.165) is 13.2 Å². The van der Waals surface area contributed by atoms with Crippen molar-refractivity contribution >= 4 is 10.9 Å². The van der Waals surface area contributed by atoms with Crippen molar-refractivity contribution < 1.29 is 4.74 Å². The number of H-pyrrole nitrogens is 1. The first-order valence-corrected chi connectivity index (χ1v) is 6.03. The minimum atomic E-state index is 0.0474. The SMILES string of the molecule is Cc1[nH]c2ccc(C3(CN)COC3)cc2c1C. The molecule has 3 rings (SSSR count). The van der Waals surface area contributed by atoms with Crippen LogP contribution in [0.4, 0.5) is 0 Å². The molecule has 0 spiro atoms. The van der Waals surface area contributed by atoms with Crippen LogP contribution in [0, 0.1) is 13.8 Å². The van der Waals surface area contributed by atoms with Crippen LogP contribution in [0.25, 0.3) is 10.9 Å². The topological polar surface area (TPSA) is 51.0 Å². The number of aryl methyl sites for hydroxylation is 2. The van der Waals surface area contributed by atoms with Crippen molar-refractivity contribution in [3.05, 3.63) is 35.0 Å². The van der Waals surface area contributed by atoms with Gasteiger partial charge in [-0.05, 0) is 37.1 Å². The van der Waals surface area contributed by atoms with Crippen LogP contribution in [0.3, 0.4) is 0 Å². The van der Waals surface area contributed by atoms with E-state index in [0.29, 0.717) is 6.54 Å². The van der Waals surface area contributed by atoms with Crippen LogP contribution in [-0.2, 0) is 10.2 Å². The maximum atomic E-state index is 5.90. The molecule has 0 radical (unpaired) electrons. The molecule has 0 bridgehead atoms. The Morgan fingerprint density at radius 3 is 2.71 bits per heavy atom. The van der Waals surface area contributed by atoms with Crippen molar-refractivity contribution in [3.63, 3.8) is 0 Å². The molecule has 3 N–H and O–H groups in total. The van der Waals surface area contributed by atoms with E-state index in [2.05, 4.69) is 37.0 Å². The lowest BCUT2D eigenvalue weighted by atomic mass is 9.78. The first-order valence-electron chi connectivity index (χ1n) is 6.03. The van der Waals surface area contributed by atoms with Crippen LogP contribution in [0.15, 0.2) is 18.2 Å². The van der Waals surface area contributed by atoms with E-state index >= 15 is 0 Å². The first kappa shape index (κ1) is 10.8. The van der Waals surface area contributed by atoms with E-state index in [9.17, 15) is 0 Å². The summed E-state index contributed by atoms with van der Waals surface area (Å²) in [5, 5.41) is 1.31. The number of rotatable bonds is 2. The number of aromatic nitrogens is 1. The molecule has 90 valence electrons. The van der Waals surface area contributed by atoms with Gasteiger partial charge in [-0.1, -0.05) is 6.07 Å². The van der Waals surface area contributed by atoms with Crippen LogP contribution in [0.5, 0.6) is 0 Å². The summed E-state index contributed by atoms with van der Waals surface area (Å²) in [7, 11) is 0. The number of fused-ring (bicyclic) bond motifs is 1. The molecule has 1 aromatic carbocycles. The zero-order valence-corrected chi connectivity index (χ0v) is 10.3. The molecule has 1 aliphatic rings. The van der Waals surface area contributed by atoms with Crippen LogP contribution in [-0.4, -0.2) is 24.7 Å². The quantitative estimate of drug-likeness (QED) is 0.829. The van der Waals surface area contributed by atoms with Crippen molar-refractivity contribution in [2.75, 3.05) is 19.8 Å². The predicted octanol–water partition coefficient (Wildman–Crippen LogP) is 2.01. The standard InChI is InChI=1S/C14H18N2O/c1-9-10(2)16-13-4-3-11(5-12(9)13)14(6-15)7-17-8-14/h3-5,16H,6-8,15H2,1-2H3. The van der Waals surface area contributed by atoms with Crippen molar-refractivity contribution in [2.24, 2.45) is 5.73 Å². The van der Waals surface area contributed by atoms with Crippen molar-refractivity contribution in [1.82, 2.24) is 4.98 Å². The summed E-state index contributed by atoms with van der Waals surface area (Å²) < 4.78 is 5.34. The van der Waals surface area contributed by atoms with Crippen LogP contribution >= 0.6 is 0 Å². The zero-order chi connectivity index (χ0) is 12.0. The van der Waals surface area contributed by atoms with E-state index in [1.165, 1.54) is 27.7 Å². The van der Waals surface area contributed by atoms with Crippen LogP contribution < -0.4 is 5.73 Å². The fraction of sp³-hybridized carbons (Fsp3) is 0.429. The second-order valence-corrected chi connectivity index (χ2v) is 5.11. The third-order valence-electron chi connectivity index (χ3n) is 4.07. The number of hydrogen-bond acceptors (Lipinski definition) is 2. The number of ether oxygens (including phenoxy) is 1. The molecule has 1 fully saturated rings. The minimum absolute atomic E-state index is 0.0474. The third-order valence-corrected chi connectivity index (χ3v) is 4.07. The highest BCUT2D eigenvalue weighted by atomic mass is 16.5. The smallest absolute Gasteiger partial charge is 0.0597 e. The van der Waals surface area contributed by atoms with Gasteiger partial charge < -0.3 is 15.5 Å². The van der Waals surface area contributed by atoms with Gasteiger partial charge in [-0.3, -0.25) is 0 Å². The number of aromatic amines is 1. The molecular weight excluding hydrogens is 212 g/mol. The van der Waals surface area contributed by atoms with Crippen molar-refractivity contribution in [2.45, 2.75) is 19.3 Å². The maximum Gasteiger partial charge on any atom is 0.0597 e. The lowest BCUT2D eigenvalue weighted by molar-refractivity contribution is -0.0549. The summed E-state index contributed by atoms with van der Waals surface area (Å²) in [6.45, 7) is 6.42. The van der Waals surface area contributed by atoms with Gasteiger partial charge in [0, 0.05) is 23.1 Å². The molecule has 2 aromatic rings. The maximum absolute atomic E-state index is 5.90. The van der Waals surface area contributed by atoms with E-state index < -0.39 is 0 Å². The molecule has 2 heterocycles. The molecule has 1 aliphatic heterocycles. The molecule has 1 saturated heterocycles. The Kier molecular flexibility index (Phi) is 2.28. The number of nitrogens with two attached hydrogens (primary N) is 1. The fourth-order valence-corrected chi connectivity index (χ4v) is 2.54. The van der Waals surface area contributed by atoms with Gasteiger partial charge in [0.15, 0.2) is 0 Å². The Morgan fingerprint density at radius 2 is 2.12 bits per heavy atom. The molecule has 0 atom stereocenters. The average molecular weight is 230 g/mol. The first-order chi connectivity index (χ1) is 8.16. The second-order valence-electron chi connectivity index (χ2n) is 5.11. The summed E-state index contributed by atoms with van der Waals surface area (Å²) in [6, 6.07) is 6.59. The molecule has 0 saturated carbocycles. The Balaban J connectivity index is 2.15. The predicted molar refractivity (Wildman–Crippen MR) is 69.3 cm³/mol. The van der Waals surface area contributed by atoms with Crippen molar-refractivity contribution in [3.8, 4) is 0 Å². The molecule has 3 heteroatoms. The Labute approximate surface area is 101 Å². The van der Waals surface area contributed by atoms with E-state index in [1.54, 1.807) is 0 Å². The normalized spacial score (nSPS) is 18.3. The number of nitrogens with one attached hydrogen (secondary N) is 1. The summed E-state index contributed by atoms with van der Waals surface area (Å²) in [4.78, 5) is 3.40. The van der Waals surface area contributed by atoms with Gasteiger partial charge in [0.2, 0.25) is 0 Å². The van der Waals surface area contributed by atoms with Gasteiger partial charge >= 0.3 is 0 Å². The number of hydrogen-bond donors (Lipinski definition) is 2. The highest BCUT2D eigenvalue weighted by molar-refractivity contribution is 5.85. The van der Waals surface area contributed by atoms with Gasteiger partial charge in [0.05, 0.1) is 18.6 Å². The highest BCUT2D eigenvalue weighted by Gasteiger charge is 2.39.